The second kappa shape index (κ2) is 5.46. The van der Waals surface area contributed by atoms with Crippen molar-refractivity contribution in [3.8, 4) is 5.75 Å². The number of hydrazine groups is 1. The van der Waals surface area contributed by atoms with Gasteiger partial charge in [0.2, 0.25) is 5.95 Å². The number of aromatic hydroxyl groups is 1. The molecule has 0 atom stereocenters. The first-order valence-corrected chi connectivity index (χ1v) is 5.78. The molecule has 0 radical (unpaired) electrons. The Kier molecular flexibility index (Phi) is 3.73. The van der Waals surface area contributed by atoms with E-state index in [0.29, 0.717) is 0 Å². The van der Waals surface area contributed by atoms with E-state index >= 15 is 0 Å². The second-order valence-electron chi connectivity index (χ2n) is 3.32. The lowest BCUT2D eigenvalue weighted by Gasteiger charge is -2.07. The van der Waals surface area contributed by atoms with Gasteiger partial charge in [-0.25, -0.2) is 9.97 Å². The number of hydrogen-bond donors (Lipinski definition) is 3. The summed E-state index contributed by atoms with van der Waals surface area (Å²) in [6.07, 6.45) is 3.09. The molecule has 1 heterocycles. The Bertz CT molecular complexity index is 559. The van der Waals surface area contributed by atoms with Gasteiger partial charge in [-0.1, -0.05) is 12.1 Å². The quantitative estimate of drug-likeness (QED) is 0.751. The van der Waals surface area contributed by atoms with Crippen LogP contribution in [0.1, 0.15) is 10.4 Å². The largest absolute Gasteiger partial charge is 0.507 e. The Morgan fingerprint density at radius 1 is 1.22 bits per heavy atom. The molecule has 6 nitrogen and oxygen atoms in total. The molecule has 0 aliphatic rings. The van der Waals surface area contributed by atoms with Gasteiger partial charge in [-0.15, -0.1) is 0 Å². The van der Waals surface area contributed by atoms with Crippen LogP contribution in [0.3, 0.4) is 0 Å². The summed E-state index contributed by atoms with van der Waals surface area (Å²) in [5, 5.41) is 9.49. The van der Waals surface area contributed by atoms with Crippen LogP contribution in [0.15, 0.2) is 41.1 Å². The zero-order valence-corrected chi connectivity index (χ0v) is 10.7. The van der Waals surface area contributed by atoms with Crippen LogP contribution in [0.4, 0.5) is 5.95 Å². The molecular weight excluding hydrogens is 300 g/mol. The summed E-state index contributed by atoms with van der Waals surface area (Å²) < 4.78 is 0.736. The van der Waals surface area contributed by atoms with Gasteiger partial charge in [0, 0.05) is 12.4 Å². The molecule has 1 amide bonds. The van der Waals surface area contributed by atoms with E-state index in [1.165, 1.54) is 12.1 Å². The molecule has 0 unspecified atom stereocenters. The molecule has 0 spiro atoms. The van der Waals surface area contributed by atoms with Crippen molar-refractivity contribution in [2.45, 2.75) is 0 Å². The molecule has 0 aliphatic heterocycles. The van der Waals surface area contributed by atoms with Crippen molar-refractivity contribution in [1.29, 1.82) is 0 Å². The number of nitrogens with one attached hydrogen (secondary N) is 2. The molecule has 0 saturated heterocycles. The van der Waals surface area contributed by atoms with Gasteiger partial charge in [0.1, 0.15) is 5.75 Å². The Morgan fingerprint density at radius 3 is 2.56 bits per heavy atom. The van der Waals surface area contributed by atoms with Gasteiger partial charge in [-0.3, -0.25) is 15.6 Å². The fourth-order valence-electron chi connectivity index (χ4n) is 1.22. The van der Waals surface area contributed by atoms with Crippen molar-refractivity contribution in [2.24, 2.45) is 0 Å². The number of phenolic OH excluding ortho intramolecular Hbond substituents is 1. The minimum Gasteiger partial charge on any atom is -0.507 e. The van der Waals surface area contributed by atoms with E-state index in [-0.39, 0.29) is 17.3 Å². The molecule has 3 N–H and O–H groups in total. The van der Waals surface area contributed by atoms with Crippen molar-refractivity contribution >= 4 is 27.8 Å². The standard InChI is InChI=1S/C11H9BrN4O2/c12-7-5-13-11(14-6-7)16-15-10(18)8-3-1-2-4-9(8)17/h1-6,17H,(H,15,18)(H,13,14,16). The van der Waals surface area contributed by atoms with Crippen molar-refractivity contribution in [3.63, 3.8) is 0 Å². The van der Waals surface area contributed by atoms with E-state index in [1.54, 1.807) is 24.5 Å². The summed E-state index contributed by atoms with van der Waals surface area (Å²) in [5.41, 5.74) is 5.10. The zero-order valence-electron chi connectivity index (χ0n) is 9.09. The molecule has 1 aromatic carbocycles. The van der Waals surface area contributed by atoms with Crippen molar-refractivity contribution in [2.75, 3.05) is 5.43 Å². The Labute approximate surface area is 111 Å². The second-order valence-corrected chi connectivity index (χ2v) is 4.24. The van der Waals surface area contributed by atoms with E-state index in [2.05, 4.69) is 36.7 Å². The van der Waals surface area contributed by atoms with Crippen LogP contribution >= 0.6 is 15.9 Å². The van der Waals surface area contributed by atoms with Gasteiger partial charge in [0.25, 0.3) is 5.91 Å². The van der Waals surface area contributed by atoms with Crippen LogP contribution < -0.4 is 10.9 Å². The number of phenols is 1. The zero-order chi connectivity index (χ0) is 13.0. The van der Waals surface area contributed by atoms with Crippen LogP contribution in [-0.2, 0) is 0 Å². The van der Waals surface area contributed by atoms with Crippen LogP contribution in [0, 0.1) is 0 Å². The fourth-order valence-corrected chi connectivity index (χ4v) is 1.43. The molecule has 0 aliphatic carbocycles. The Hall–Kier alpha value is -2.15. The molecule has 0 saturated carbocycles. The number of benzene rings is 1. The lowest BCUT2D eigenvalue weighted by Crippen LogP contribution is -2.30. The predicted octanol–water partition coefficient (Wildman–Crippen LogP) is 1.70. The van der Waals surface area contributed by atoms with Gasteiger partial charge in [0.15, 0.2) is 0 Å². The Morgan fingerprint density at radius 2 is 1.89 bits per heavy atom. The summed E-state index contributed by atoms with van der Waals surface area (Å²) in [7, 11) is 0. The molecule has 1 aromatic heterocycles. The first-order valence-electron chi connectivity index (χ1n) is 4.99. The van der Waals surface area contributed by atoms with Crippen molar-refractivity contribution < 1.29 is 9.90 Å². The maximum Gasteiger partial charge on any atom is 0.273 e. The first-order chi connectivity index (χ1) is 8.66. The first kappa shape index (κ1) is 12.3. The number of carbonyl (C=O) groups excluding carboxylic acids is 1. The van der Waals surface area contributed by atoms with Crippen LogP contribution in [0.5, 0.6) is 5.75 Å². The molecule has 0 fully saturated rings. The van der Waals surface area contributed by atoms with Gasteiger partial charge >= 0.3 is 0 Å². The van der Waals surface area contributed by atoms with E-state index in [1.807, 2.05) is 0 Å². The van der Waals surface area contributed by atoms with E-state index in [4.69, 9.17) is 0 Å². The normalized spacial score (nSPS) is 9.83. The topological polar surface area (TPSA) is 87.1 Å². The monoisotopic (exact) mass is 308 g/mol. The predicted molar refractivity (Wildman–Crippen MR) is 68.9 cm³/mol. The maximum atomic E-state index is 11.7. The number of halogens is 1. The highest BCUT2D eigenvalue weighted by molar-refractivity contribution is 9.10. The molecule has 0 bridgehead atoms. The molecule has 7 heteroatoms. The summed E-state index contributed by atoms with van der Waals surface area (Å²) in [6, 6.07) is 6.24. The van der Waals surface area contributed by atoms with Crippen LogP contribution in [-0.4, -0.2) is 21.0 Å². The molecular formula is C11H9BrN4O2. The number of para-hydroxylation sites is 1. The minimum absolute atomic E-state index is 0.0893. The maximum absolute atomic E-state index is 11.7. The summed E-state index contributed by atoms with van der Waals surface area (Å²) >= 11 is 3.20. The molecule has 2 rings (SSSR count). The van der Waals surface area contributed by atoms with Crippen LogP contribution in [0.25, 0.3) is 0 Å². The van der Waals surface area contributed by atoms with Crippen molar-refractivity contribution in [1.82, 2.24) is 15.4 Å². The van der Waals surface area contributed by atoms with Gasteiger partial charge in [0.05, 0.1) is 10.0 Å². The summed E-state index contributed by atoms with van der Waals surface area (Å²) in [5.74, 6) is -0.310. The Balaban J connectivity index is 2.01. The van der Waals surface area contributed by atoms with E-state index < -0.39 is 5.91 Å². The number of hydrogen-bond acceptors (Lipinski definition) is 5. The lowest BCUT2D eigenvalue weighted by atomic mass is 10.2. The lowest BCUT2D eigenvalue weighted by molar-refractivity contribution is 0.0959. The highest BCUT2D eigenvalue weighted by Gasteiger charge is 2.09. The number of rotatable bonds is 3. The van der Waals surface area contributed by atoms with E-state index in [9.17, 15) is 9.90 Å². The SMILES string of the molecule is O=C(NNc1ncc(Br)cn1)c1ccccc1O. The fraction of sp³-hybridized carbons (Fsp3) is 0. The van der Waals surface area contributed by atoms with Gasteiger partial charge in [-0.2, -0.15) is 0 Å². The third-order valence-corrected chi connectivity index (χ3v) is 2.47. The minimum atomic E-state index is -0.473. The summed E-state index contributed by atoms with van der Waals surface area (Å²) in [6.45, 7) is 0. The van der Waals surface area contributed by atoms with Crippen LogP contribution in [0.2, 0.25) is 0 Å². The number of carbonyl (C=O) groups is 1. The molecule has 18 heavy (non-hydrogen) atoms. The average Bonchev–Trinajstić information content (AvgIpc) is 2.38. The molecule has 2 aromatic rings. The number of nitrogens with zero attached hydrogens (tertiary/aromatic N) is 2. The number of aromatic nitrogens is 2. The third-order valence-electron chi connectivity index (χ3n) is 2.06. The average molecular weight is 309 g/mol. The molecule has 92 valence electrons. The third kappa shape index (κ3) is 2.95. The smallest absolute Gasteiger partial charge is 0.273 e. The van der Waals surface area contributed by atoms with E-state index in [0.717, 1.165) is 4.47 Å². The summed E-state index contributed by atoms with van der Waals surface area (Å²) in [4.78, 5) is 19.5. The number of anilines is 1. The highest BCUT2D eigenvalue weighted by Crippen LogP contribution is 2.15. The highest BCUT2D eigenvalue weighted by atomic mass is 79.9. The van der Waals surface area contributed by atoms with Gasteiger partial charge in [-0.05, 0) is 28.1 Å². The van der Waals surface area contributed by atoms with Crippen molar-refractivity contribution in [3.05, 3.63) is 46.7 Å². The number of amides is 1. The van der Waals surface area contributed by atoms with Gasteiger partial charge < -0.3 is 5.11 Å².